The summed E-state index contributed by atoms with van der Waals surface area (Å²) in [5, 5.41) is 2.85. The average molecular weight is 277 g/mol. The van der Waals surface area contributed by atoms with Crippen molar-refractivity contribution in [3.8, 4) is 0 Å². The van der Waals surface area contributed by atoms with Gasteiger partial charge in [0.25, 0.3) is 0 Å². The maximum absolute atomic E-state index is 11.1. The minimum absolute atomic E-state index is 0.213. The van der Waals surface area contributed by atoms with Gasteiger partial charge in [-0.2, -0.15) is 0 Å². The average Bonchev–Trinajstić information content (AvgIpc) is 2.93. The number of rotatable bonds is 5. The Morgan fingerprint density at radius 1 is 1.53 bits per heavy atom. The summed E-state index contributed by atoms with van der Waals surface area (Å²) in [5.74, 6) is -0.213. The van der Waals surface area contributed by atoms with E-state index in [9.17, 15) is 4.79 Å². The van der Waals surface area contributed by atoms with Gasteiger partial charge in [0.2, 0.25) is 0 Å². The third-order valence-electron chi connectivity index (χ3n) is 2.67. The lowest BCUT2D eigenvalue weighted by Gasteiger charge is -2.14. The van der Waals surface area contributed by atoms with Crippen LogP contribution in [0, 0.1) is 0 Å². The topological polar surface area (TPSA) is 55.3 Å². The second-order valence-corrected chi connectivity index (χ2v) is 4.80. The van der Waals surface area contributed by atoms with Gasteiger partial charge in [0, 0.05) is 25.0 Å². The van der Waals surface area contributed by atoms with Gasteiger partial charge < -0.3 is 9.64 Å². The van der Waals surface area contributed by atoms with Crippen molar-refractivity contribution >= 4 is 28.1 Å². The van der Waals surface area contributed by atoms with Crippen LogP contribution in [0.25, 0.3) is 0 Å². The number of hydrogen-bond donors (Lipinski definition) is 0. The molecular formula is C13H15N3O2S. The number of nitrogens with zero attached hydrogens (tertiary/aromatic N) is 3. The van der Waals surface area contributed by atoms with Crippen LogP contribution in [0.3, 0.4) is 0 Å². The quantitative estimate of drug-likeness (QED) is 0.786. The van der Waals surface area contributed by atoms with E-state index in [0.717, 1.165) is 16.5 Å². The van der Waals surface area contributed by atoms with Gasteiger partial charge in [0.15, 0.2) is 5.13 Å². The van der Waals surface area contributed by atoms with E-state index >= 15 is 0 Å². The normalized spacial score (nSPS) is 10.2. The van der Waals surface area contributed by atoms with Gasteiger partial charge in [0.05, 0.1) is 31.1 Å². The first-order valence-electron chi connectivity index (χ1n) is 5.85. The highest BCUT2D eigenvalue weighted by Crippen LogP contribution is 2.26. The molecule has 2 aromatic heterocycles. The predicted octanol–water partition coefficient (Wildman–Crippen LogP) is 2.41. The Balaban J connectivity index is 2.02. The largest absolute Gasteiger partial charge is 0.469 e. The highest BCUT2D eigenvalue weighted by Gasteiger charge is 2.10. The Morgan fingerprint density at radius 2 is 2.37 bits per heavy atom. The molecule has 0 fully saturated rings. The van der Waals surface area contributed by atoms with E-state index in [2.05, 4.69) is 14.7 Å². The molecule has 2 rings (SSSR count). The number of methoxy groups -OCH3 is 1. The van der Waals surface area contributed by atoms with Crippen LogP contribution in [0.15, 0.2) is 29.9 Å². The Bertz CT molecular complexity index is 542. The molecule has 2 heterocycles. The fourth-order valence-electron chi connectivity index (χ4n) is 1.56. The van der Waals surface area contributed by atoms with Crippen molar-refractivity contribution in [1.29, 1.82) is 0 Å². The van der Waals surface area contributed by atoms with Crippen molar-refractivity contribution in [2.75, 3.05) is 19.1 Å². The van der Waals surface area contributed by atoms with Crippen molar-refractivity contribution in [2.45, 2.75) is 12.8 Å². The monoisotopic (exact) mass is 277 g/mol. The Hall–Kier alpha value is -1.95. The summed E-state index contributed by atoms with van der Waals surface area (Å²) in [7, 11) is 3.34. The Labute approximate surface area is 115 Å². The van der Waals surface area contributed by atoms with E-state index in [1.54, 1.807) is 23.7 Å². The molecule has 0 aliphatic rings. The SMILES string of the molecule is COC(=O)CCc1csc(N(C)c2cccnc2)n1. The summed E-state index contributed by atoms with van der Waals surface area (Å²) in [5.41, 5.74) is 1.89. The van der Waals surface area contributed by atoms with Crippen LogP contribution in [0.5, 0.6) is 0 Å². The van der Waals surface area contributed by atoms with Crippen LogP contribution >= 0.6 is 11.3 Å². The second kappa shape index (κ2) is 6.29. The molecule has 0 aromatic carbocycles. The van der Waals surface area contributed by atoms with Crippen LogP contribution in [-0.2, 0) is 16.0 Å². The molecule has 0 aliphatic carbocycles. The van der Waals surface area contributed by atoms with Crippen LogP contribution in [0.4, 0.5) is 10.8 Å². The first kappa shape index (κ1) is 13.5. The molecule has 100 valence electrons. The third-order valence-corrected chi connectivity index (χ3v) is 3.64. The van der Waals surface area contributed by atoms with Gasteiger partial charge in [-0.05, 0) is 12.1 Å². The van der Waals surface area contributed by atoms with Crippen molar-refractivity contribution in [2.24, 2.45) is 0 Å². The molecule has 0 unspecified atom stereocenters. The Morgan fingerprint density at radius 3 is 3.05 bits per heavy atom. The zero-order valence-corrected chi connectivity index (χ0v) is 11.7. The van der Waals surface area contributed by atoms with E-state index in [1.807, 2.05) is 29.5 Å². The lowest BCUT2D eigenvalue weighted by atomic mass is 10.2. The molecule has 0 atom stereocenters. The highest BCUT2D eigenvalue weighted by atomic mass is 32.1. The van der Waals surface area contributed by atoms with Crippen LogP contribution < -0.4 is 4.90 Å². The lowest BCUT2D eigenvalue weighted by molar-refractivity contribution is -0.140. The zero-order valence-electron chi connectivity index (χ0n) is 10.9. The van der Waals surface area contributed by atoms with Crippen LogP contribution in [0.2, 0.25) is 0 Å². The number of aryl methyl sites for hydroxylation is 1. The van der Waals surface area contributed by atoms with Gasteiger partial charge in [-0.3, -0.25) is 9.78 Å². The van der Waals surface area contributed by atoms with Gasteiger partial charge in [0.1, 0.15) is 0 Å². The standard InChI is InChI=1S/C13H15N3O2S/c1-16(11-4-3-7-14-8-11)13-15-10(9-19-13)5-6-12(17)18-2/h3-4,7-9H,5-6H2,1-2H3. The molecule has 0 saturated heterocycles. The molecule has 0 spiro atoms. The van der Waals surface area contributed by atoms with Crippen molar-refractivity contribution in [1.82, 2.24) is 9.97 Å². The van der Waals surface area contributed by atoms with E-state index in [4.69, 9.17) is 0 Å². The maximum atomic E-state index is 11.1. The van der Waals surface area contributed by atoms with E-state index < -0.39 is 0 Å². The highest BCUT2D eigenvalue weighted by molar-refractivity contribution is 7.13. The molecule has 0 radical (unpaired) electrons. The minimum atomic E-state index is -0.213. The number of anilines is 2. The number of thiazole rings is 1. The summed E-state index contributed by atoms with van der Waals surface area (Å²) in [4.78, 5) is 21.6. The first-order chi connectivity index (χ1) is 9.20. The number of ether oxygens (including phenoxy) is 1. The van der Waals surface area contributed by atoms with Crippen molar-refractivity contribution in [3.05, 3.63) is 35.6 Å². The van der Waals surface area contributed by atoms with E-state index in [0.29, 0.717) is 12.8 Å². The molecule has 0 N–H and O–H groups in total. The predicted molar refractivity (Wildman–Crippen MR) is 74.8 cm³/mol. The van der Waals surface area contributed by atoms with Gasteiger partial charge in [-0.25, -0.2) is 4.98 Å². The number of carbonyl (C=O) groups excluding carboxylic acids is 1. The van der Waals surface area contributed by atoms with Gasteiger partial charge >= 0.3 is 5.97 Å². The minimum Gasteiger partial charge on any atom is -0.469 e. The van der Waals surface area contributed by atoms with Gasteiger partial charge in [-0.1, -0.05) is 0 Å². The fourth-order valence-corrected chi connectivity index (χ4v) is 2.41. The molecule has 6 heteroatoms. The maximum Gasteiger partial charge on any atom is 0.305 e. The summed E-state index contributed by atoms with van der Waals surface area (Å²) < 4.78 is 4.61. The zero-order chi connectivity index (χ0) is 13.7. The Kier molecular flexibility index (Phi) is 4.46. The van der Waals surface area contributed by atoms with E-state index in [-0.39, 0.29) is 5.97 Å². The summed E-state index contributed by atoms with van der Waals surface area (Å²) in [6.45, 7) is 0. The molecular weight excluding hydrogens is 262 g/mol. The number of pyridine rings is 1. The third kappa shape index (κ3) is 3.51. The van der Waals surface area contributed by atoms with Crippen molar-refractivity contribution < 1.29 is 9.53 Å². The molecule has 0 saturated carbocycles. The number of hydrogen-bond acceptors (Lipinski definition) is 6. The lowest BCUT2D eigenvalue weighted by Crippen LogP contribution is -2.09. The smallest absolute Gasteiger partial charge is 0.305 e. The van der Waals surface area contributed by atoms with Gasteiger partial charge in [-0.15, -0.1) is 11.3 Å². The fraction of sp³-hybridized carbons (Fsp3) is 0.308. The molecule has 0 bridgehead atoms. The second-order valence-electron chi connectivity index (χ2n) is 3.97. The molecule has 0 aliphatic heterocycles. The van der Waals surface area contributed by atoms with Crippen LogP contribution in [-0.4, -0.2) is 30.1 Å². The molecule has 0 amide bonds. The summed E-state index contributed by atoms with van der Waals surface area (Å²) >= 11 is 1.55. The number of carbonyl (C=O) groups is 1. The summed E-state index contributed by atoms with van der Waals surface area (Å²) in [6, 6.07) is 3.86. The molecule has 2 aromatic rings. The first-order valence-corrected chi connectivity index (χ1v) is 6.73. The summed E-state index contributed by atoms with van der Waals surface area (Å²) in [6.07, 6.45) is 4.48. The number of aromatic nitrogens is 2. The number of esters is 1. The van der Waals surface area contributed by atoms with Crippen molar-refractivity contribution in [3.63, 3.8) is 0 Å². The van der Waals surface area contributed by atoms with Crippen LogP contribution in [0.1, 0.15) is 12.1 Å². The molecule has 19 heavy (non-hydrogen) atoms. The van der Waals surface area contributed by atoms with E-state index in [1.165, 1.54) is 7.11 Å². The molecule has 5 nitrogen and oxygen atoms in total.